The van der Waals surface area contributed by atoms with Crippen molar-refractivity contribution in [1.29, 1.82) is 0 Å². The maximum atomic E-state index is 12.9. The van der Waals surface area contributed by atoms with Crippen molar-refractivity contribution in [1.82, 2.24) is 24.6 Å². The highest BCUT2D eigenvalue weighted by molar-refractivity contribution is 5.82. The van der Waals surface area contributed by atoms with Crippen molar-refractivity contribution in [2.45, 2.75) is 19.0 Å². The Labute approximate surface area is 225 Å². The summed E-state index contributed by atoms with van der Waals surface area (Å²) < 4.78 is 51.5. The number of benzene rings is 2. The molecule has 39 heavy (non-hydrogen) atoms. The number of anilines is 2. The summed E-state index contributed by atoms with van der Waals surface area (Å²) in [5.41, 5.74) is 4.84. The SMILES string of the molecule is COc1cc(OC)cc(N(CC2CCN(CC(F)(F)F)CC2)c2ccc3ncc(-c4cnn(C)c4)nc3c2)c1. The third-order valence-electron chi connectivity index (χ3n) is 7.04. The van der Waals surface area contributed by atoms with Crippen LogP contribution in [0.1, 0.15) is 12.8 Å². The van der Waals surface area contributed by atoms with Crippen molar-refractivity contribution in [3.8, 4) is 22.8 Å². The van der Waals surface area contributed by atoms with Crippen LogP contribution in [-0.4, -0.2) is 71.2 Å². The number of piperidine rings is 1. The third-order valence-corrected chi connectivity index (χ3v) is 7.04. The lowest BCUT2D eigenvalue weighted by atomic mass is 9.95. The maximum absolute atomic E-state index is 12.9. The molecule has 2 aromatic heterocycles. The lowest BCUT2D eigenvalue weighted by Gasteiger charge is -2.36. The second-order valence-electron chi connectivity index (χ2n) is 9.85. The maximum Gasteiger partial charge on any atom is 0.401 e. The molecule has 2 aromatic carbocycles. The van der Waals surface area contributed by atoms with E-state index >= 15 is 0 Å². The van der Waals surface area contributed by atoms with Crippen LogP contribution >= 0.6 is 0 Å². The lowest BCUT2D eigenvalue weighted by molar-refractivity contribution is -0.148. The highest BCUT2D eigenvalue weighted by atomic mass is 19.4. The standard InChI is InChI=1S/C28H31F3N6O2/c1-35-17-20(14-33-35)27-15-32-25-5-4-21(12-26(25)34-27)37(22-10-23(38-2)13-24(11-22)39-3)16-19-6-8-36(9-7-19)18-28(29,30)31/h4-5,10-15,17,19H,6-9,16,18H2,1-3H3. The number of hydrogen-bond donors (Lipinski definition) is 0. The van der Waals surface area contributed by atoms with Gasteiger partial charge in [-0.3, -0.25) is 14.6 Å². The summed E-state index contributed by atoms with van der Waals surface area (Å²) in [4.78, 5) is 13.1. The minimum absolute atomic E-state index is 0.204. The summed E-state index contributed by atoms with van der Waals surface area (Å²) in [5.74, 6) is 1.50. The van der Waals surface area contributed by atoms with Crippen LogP contribution in [0.5, 0.6) is 11.5 Å². The highest BCUT2D eigenvalue weighted by Gasteiger charge is 2.33. The summed E-state index contributed by atoms with van der Waals surface area (Å²) in [7, 11) is 5.06. The number of hydrogen-bond acceptors (Lipinski definition) is 7. The van der Waals surface area contributed by atoms with E-state index in [1.807, 2.05) is 49.6 Å². The zero-order chi connectivity index (χ0) is 27.6. The van der Waals surface area contributed by atoms with E-state index in [0.29, 0.717) is 44.0 Å². The molecule has 5 rings (SSSR count). The number of fused-ring (bicyclic) bond motifs is 1. The normalized spacial score (nSPS) is 15.0. The predicted molar refractivity (Wildman–Crippen MR) is 144 cm³/mol. The molecule has 1 aliphatic heterocycles. The van der Waals surface area contributed by atoms with Gasteiger partial charge in [0.1, 0.15) is 11.5 Å². The summed E-state index contributed by atoms with van der Waals surface area (Å²) in [6, 6.07) is 11.6. The second kappa shape index (κ2) is 11.1. The molecule has 1 fully saturated rings. The number of aryl methyl sites for hydroxylation is 1. The van der Waals surface area contributed by atoms with Gasteiger partial charge >= 0.3 is 6.18 Å². The number of aromatic nitrogens is 4. The Hall–Kier alpha value is -3.86. The largest absolute Gasteiger partial charge is 0.497 e. The van der Waals surface area contributed by atoms with Crippen molar-refractivity contribution >= 4 is 22.4 Å². The van der Waals surface area contributed by atoms with Gasteiger partial charge in [0, 0.05) is 54.9 Å². The van der Waals surface area contributed by atoms with E-state index in [9.17, 15) is 13.2 Å². The van der Waals surface area contributed by atoms with Crippen molar-refractivity contribution in [2.75, 3.05) is 45.3 Å². The minimum Gasteiger partial charge on any atom is -0.497 e. The summed E-state index contributed by atoms with van der Waals surface area (Å²) in [6.45, 7) is 0.588. The third kappa shape index (κ3) is 6.42. The van der Waals surface area contributed by atoms with Gasteiger partial charge in [-0.2, -0.15) is 18.3 Å². The number of halogens is 3. The van der Waals surface area contributed by atoms with E-state index in [-0.39, 0.29) is 5.92 Å². The fourth-order valence-corrected chi connectivity index (χ4v) is 5.01. The average molecular weight is 541 g/mol. The van der Waals surface area contributed by atoms with Crippen molar-refractivity contribution in [3.05, 3.63) is 55.0 Å². The molecule has 0 aliphatic carbocycles. The van der Waals surface area contributed by atoms with Crippen molar-refractivity contribution in [2.24, 2.45) is 13.0 Å². The molecule has 0 radical (unpaired) electrons. The molecule has 3 heterocycles. The second-order valence-corrected chi connectivity index (χ2v) is 9.85. The van der Waals surface area contributed by atoms with E-state index < -0.39 is 12.7 Å². The minimum atomic E-state index is -4.18. The first-order valence-corrected chi connectivity index (χ1v) is 12.8. The number of likely N-dealkylation sites (tertiary alicyclic amines) is 1. The molecule has 0 spiro atoms. The fraction of sp³-hybridized carbons (Fsp3) is 0.393. The van der Waals surface area contributed by atoms with Crippen LogP contribution in [0.15, 0.2) is 55.0 Å². The molecule has 0 atom stereocenters. The average Bonchev–Trinajstić information content (AvgIpc) is 3.37. The number of methoxy groups -OCH3 is 2. The summed E-state index contributed by atoms with van der Waals surface area (Å²) >= 11 is 0. The van der Waals surface area contributed by atoms with Crippen molar-refractivity contribution < 1.29 is 22.6 Å². The molecule has 11 heteroatoms. The number of alkyl halides is 3. The molecule has 0 bridgehead atoms. The Morgan fingerprint density at radius 3 is 2.28 bits per heavy atom. The Morgan fingerprint density at radius 1 is 0.949 bits per heavy atom. The first kappa shape index (κ1) is 26.7. The number of nitrogens with zero attached hydrogens (tertiary/aromatic N) is 6. The molecule has 0 amide bonds. The van der Waals surface area contributed by atoms with Gasteiger partial charge in [-0.05, 0) is 50.0 Å². The van der Waals surface area contributed by atoms with Gasteiger partial charge in [-0.25, -0.2) is 4.98 Å². The van der Waals surface area contributed by atoms with Crippen LogP contribution in [0.4, 0.5) is 24.5 Å². The van der Waals surface area contributed by atoms with E-state index in [2.05, 4.69) is 15.0 Å². The smallest absolute Gasteiger partial charge is 0.401 e. The van der Waals surface area contributed by atoms with Crippen LogP contribution in [-0.2, 0) is 7.05 Å². The zero-order valence-electron chi connectivity index (χ0n) is 22.1. The number of rotatable bonds is 8. The summed E-state index contributed by atoms with van der Waals surface area (Å²) in [5, 5.41) is 4.23. The van der Waals surface area contributed by atoms with E-state index in [0.717, 1.165) is 33.7 Å². The fourth-order valence-electron chi connectivity index (χ4n) is 5.01. The Balaban J connectivity index is 1.48. The molecular formula is C28H31F3N6O2. The molecule has 4 aromatic rings. The van der Waals surface area contributed by atoms with Gasteiger partial charge in [0.2, 0.25) is 0 Å². The zero-order valence-corrected chi connectivity index (χ0v) is 22.1. The lowest BCUT2D eigenvalue weighted by Crippen LogP contribution is -2.42. The van der Waals surface area contributed by atoms with Crippen LogP contribution in [0.25, 0.3) is 22.3 Å². The molecule has 206 valence electrons. The molecule has 8 nitrogen and oxygen atoms in total. The van der Waals surface area contributed by atoms with Crippen LogP contribution < -0.4 is 14.4 Å². The Kier molecular flexibility index (Phi) is 7.60. The summed E-state index contributed by atoms with van der Waals surface area (Å²) in [6.07, 6.45) is 2.53. The van der Waals surface area contributed by atoms with Crippen LogP contribution in [0, 0.1) is 5.92 Å². The van der Waals surface area contributed by atoms with Gasteiger partial charge in [0.15, 0.2) is 0 Å². The Morgan fingerprint density at radius 2 is 1.67 bits per heavy atom. The van der Waals surface area contributed by atoms with Gasteiger partial charge in [0.25, 0.3) is 0 Å². The van der Waals surface area contributed by atoms with Gasteiger partial charge in [-0.1, -0.05) is 0 Å². The van der Waals surface area contributed by atoms with E-state index in [4.69, 9.17) is 14.5 Å². The molecular weight excluding hydrogens is 509 g/mol. The first-order chi connectivity index (χ1) is 18.7. The topological polar surface area (TPSA) is 68.5 Å². The van der Waals surface area contributed by atoms with Gasteiger partial charge < -0.3 is 14.4 Å². The van der Waals surface area contributed by atoms with Crippen molar-refractivity contribution in [3.63, 3.8) is 0 Å². The number of ether oxygens (including phenoxy) is 2. The molecule has 1 saturated heterocycles. The molecule has 1 aliphatic rings. The Bertz CT molecular complexity index is 1410. The van der Waals surface area contributed by atoms with E-state index in [1.54, 1.807) is 31.3 Å². The van der Waals surface area contributed by atoms with Gasteiger partial charge in [-0.15, -0.1) is 0 Å². The first-order valence-electron chi connectivity index (χ1n) is 12.8. The molecule has 0 unspecified atom stereocenters. The highest BCUT2D eigenvalue weighted by Crippen LogP contribution is 2.36. The molecule has 0 N–H and O–H groups in total. The predicted octanol–water partition coefficient (Wildman–Crippen LogP) is 5.46. The van der Waals surface area contributed by atoms with Gasteiger partial charge in [0.05, 0.1) is 49.9 Å². The van der Waals surface area contributed by atoms with Crippen LogP contribution in [0.3, 0.4) is 0 Å². The van der Waals surface area contributed by atoms with E-state index in [1.165, 1.54) is 4.90 Å². The quantitative estimate of drug-likeness (QED) is 0.294. The van der Waals surface area contributed by atoms with Crippen LogP contribution in [0.2, 0.25) is 0 Å². The monoisotopic (exact) mass is 540 g/mol. The molecule has 0 saturated carbocycles.